The number of halogens is 1. The highest BCUT2D eigenvalue weighted by atomic mass is 35.5. The van der Waals surface area contributed by atoms with Crippen LogP contribution in [0, 0.1) is 5.92 Å². The number of hydrogen-bond acceptors (Lipinski definition) is 5. The van der Waals surface area contributed by atoms with Crippen molar-refractivity contribution in [1.82, 2.24) is 4.98 Å². The summed E-state index contributed by atoms with van der Waals surface area (Å²) in [5.41, 5.74) is 6.45. The molecule has 4 aromatic rings. The molecule has 212 valence electrons. The molecule has 1 aliphatic carbocycles. The molecule has 0 spiro atoms. The summed E-state index contributed by atoms with van der Waals surface area (Å²) in [7, 11) is 0. The number of hydrogen-bond donors (Lipinski definition) is 1. The minimum absolute atomic E-state index is 0.0812. The van der Waals surface area contributed by atoms with Gasteiger partial charge in [0.25, 0.3) is 0 Å². The van der Waals surface area contributed by atoms with Crippen LogP contribution in [0.1, 0.15) is 66.5 Å². The highest BCUT2D eigenvalue weighted by molar-refractivity contribution is 7.99. The van der Waals surface area contributed by atoms with E-state index in [0.717, 1.165) is 52.7 Å². The van der Waals surface area contributed by atoms with Crippen molar-refractivity contribution in [3.05, 3.63) is 112 Å². The van der Waals surface area contributed by atoms with E-state index in [9.17, 15) is 9.90 Å². The van der Waals surface area contributed by atoms with E-state index in [0.29, 0.717) is 29.7 Å². The molecule has 5 rings (SSSR count). The molecule has 0 bridgehead atoms. The normalized spacial score (nSPS) is 14.8. The number of carbonyl (C=O) groups excluding carboxylic acids is 1. The number of aliphatic hydroxyl groups excluding tert-OH is 1. The average molecular weight is 586 g/mol. The Morgan fingerprint density at radius 2 is 1.90 bits per heavy atom. The molecule has 3 aromatic carbocycles. The maximum absolute atomic E-state index is 12.0. The number of benzene rings is 3. The van der Waals surface area contributed by atoms with Crippen molar-refractivity contribution in [1.29, 1.82) is 0 Å². The third-order valence-electron chi connectivity index (χ3n) is 7.39. The molecule has 1 N–H and O–H groups in total. The lowest BCUT2D eigenvalue weighted by Gasteiger charge is -2.22. The first-order chi connectivity index (χ1) is 19.9. The number of aromatic nitrogens is 1. The summed E-state index contributed by atoms with van der Waals surface area (Å²) in [5.74, 6) is 1.85. The Labute approximate surface area is 251 Å². The molecule has 1 fully saturated rings. The Hall–Kier alpha value is -3.12. The third kappa shape index (κ3) is 8.68. The van der Waals surface area contributed by atoms with Crippen LogP contribution in [-0.4, -0.2) is 33.9 Å². The topological polar surface area (TPSA) is 59.4 Å². The summed E-state index contributed by atoms with van der Waals surface area (Å²) in [6, 6.07) is 26.8. The largest absolute Gasteiger partial charge is 0.455 e. The fraction of sp³-hybridized carbons (Fsp3) is 0.314. The Morgan fingerprint density at radius 1 is 1.07 bits per heavy atom. The van der Waals surface area contributed by atoms with Gasteiger partial charge in [0, 0.05) is 22.7 Å². The van der Waals surface area contributed by atoms with Gasteiger partial charge in [0.2, 0.25) is 0 Å². The summed E-state index contributed by atoms with van der Waals surface area (Å²) >= 11 is 7.83. The van der Waals surface area contributed by atoms with Crippen molar-refractivity contribution in [2.24, 2.45) is 5.92 Å². The summed E-state index contributed by atoms with van der Waals surface area (Å²) in [6.45, 7) is 1.83. The van der Waals surface area contributed by atoms with Gasteiger partial charge in [0.15, 0.2) is 0 Å². The van der Waals surface area contributed by atoms with Gasteiger partial charge in [0.1, 0.15) is 5.94 Å². The first-order valence-electron chi connectivity index (χ1n) is 14.3. The fourth-order valence-corrected chi connectivity index (χ4v) is 6.03. The molecule has 1 saturated carbocycles. The quantitative estimate of drug-likeness (QED) is 0.0967. The number of esters is 1. The van der Waals surface area contributed by atoms with E-state index in [2.05, 4.69) is 54.6 Å². The number of ether oxygens (including phenoxy) is 1. The lowest BCUT2D eigenvalue weighted by atomic mass is 9.84. The maximum atomic E-state index is 12.0. The molecule has 41 heavy (non-hydrogen) atoms. The van der Waals surface area contributed by atoms with E-state index in [1.165, 1.54) is 11.1 Å². The van der Waals surface area contributed by atoms with Crippen molar-refractivity contribution < 1.29 is 14.6 Å². The summed E-state index contributed by atoms with van der Waals surface area (Å²) < 4.78 is 5.46. The number of aliphatic hydroxyl groups is 1. The van der Waals surface area contributed by atoms with Crippen LogP contribution in [0.3, 0.4) is 0 Å². The lowest BCUT2D eigenvalue weighted by Crippen LogP contribution is -2.11. The molecular formula is C35H36ClNO3S. The Bertz CT molecular complexity index is 1510. The van der Waals surface area contributed by atoms with Gasteiger partial charge < -0.3 is 9.84 Å². The van der Waals surface area contributed by atoms with Crippen molar-refractivity contribution >= 4 is 52.4 Å². The number of fused-ring (bicyclic) bond motifs is 1. The number of thioether (sulfide) groups is 1. The van der Waals surface area contributed by atoms with E-state index in [1.54, 1.807) is 11.8 Å². The monoisotopic (exact) mass is 585 g/mol. The van der Waals surface area contributed by atoms with Crippen LogP contribution in [0.25, 0.3) is 23.1 Å². The van der Waals surface area contributed by atoms with Gasteiger partial charge in [-0.25, -0.2) is 4.98 Å². The van der Waals surface area contributed by atoms with E-state index in [-0.39, 0.29) is 11.9 Å². The Balaban J connectivity index is 1.33. The van der Waals surface area contributed by atoms with E-state index in [1.807, 2.05) is 43.3 Å². The maximum Gasteiger partial charge on any atom is 0.306 e. The van der Waals surface area contributed by atoms with Gasteiger partial charge in [-0.3, -0.25) is 4.79 Å². The highest BCUT2D eigenvalue weighted by Gasteiger charge is 2.25. The number of carbonyl (C=O) groups is 1. The molecule has 0 aliphatic heterocycles. The first-order valence-corrected chi connectivity index (χ1v) is 15.8. The van der Waals surface area contributed by atoms with Crippen molar-refractivity contribution in [2.75, 3.05) is 11.7 Å². The zero-order chi connectivity index (χ0) is 28.6. The van der Waals surface area contributed by atoms with Crippen LogP contribution < -0.4 is 0 Å². The minimum atomic E-state index is -0.421. The van der Waals surface area contributed by atoms with Crippen LogP contribution in [0.2, 0.25) is 5.02 Å². The SMILES string of the molecule is CC(O)Cc1ccccc1[C@H](CCSCOC(=O)CC1CC1)c1cccc(C=Cc2ccc3ccc(Cl)cc3n2)c1. The first kappa shape index (κ1) is 29.4. The molecule has 2 atom stereocenters. The highest BCUT2D eigenvalue weighted by Crippen LogP contribution is 2.34. The van der Waals surface area contributed by atoms with Crippen LogP contribution in [-0.2, 0) is 16.0 Å². The molecule has 0 saturated heterocycles. The Morgan fingerprint density at radius 3 is 2.73 bits per heavy atom. The number of pyridine rings is 1. The fourth-order valence-electron chi connectivity index (χ4n) is 5.12. The smallest absolute Gasteiger partial charge is 0.306 e. The minimum Gasteiger partial charge on any atom is -0.455 e. The number of rotatable bonds is 13. The molecule has 1 unspecified atom stereocenters. The van der Waals surface area contributed by atoms with Gasteiger partial charge in [-0.15, -0.1) is 11.8 Å². The molecule has 0 radical (unpaired) electrons. The van der Waals surface area contributed by atoms with Crippen LogP contribution in [0.15, 0.2) is 78.9 Å². The standard InChI is InChI=1S/C35H36ClNO3S/c1-24(38)19-28-6-2-3-8-32(28)33(17-18-41-23-40-35(39)21-26-9-10-26)29-7-4-5-25(20-29)11-15-31-16-13-27-12-14-30(36)22-34(27)37-31/h2-8,11-16,20,22,24,26,33,38H,9-10,17-19,21,23H2,1H3/t24?,33-/m1/s1. The number of nitrogens with zero attached hydrogens (tertiary/aromatic N) is 1. The van der Waals surface area contributed by atoms with Gasteiger partial charge in [-0.2, -0.15) is 0 Å². The molecule has 1 aromatic heterocycles. The van der Waals surface area contributed by atoms with Crippen LogP contribution >= 0.6 is 23.4 Å². The summed E-state index contributed by atoms with van der Waals surface area (Å²) in [5, 5.41) is 11.9. The van der Waals surface area contributed by atoms with Gasteiger partial charge in [-0.1, -0.05) is 78.3 Å². The molecule has 6 heteroatoms. The van der Waals surface area contributed by atoms with Gasteiger partial charge >= 0.3 is 5.97 Å². The molecule has 1 aliphatic rings. The zero-order valence-electron chi connectivity index (χ0n) is 23.3. The van der Waals surface area contributed by atoms with Crippen molar-refractivity contribution in [3.63, 3.8) is 0 Å². The van der Waals surface area contributed by atoms with Crippen LogP contribution in [0.5, 0.6) is 0 Å². The molecular weight excluding hydrogens is 550 g/mol. The van der Waals surface area contributed by atoms with Gasteiger partial charge in [-0.05, 0) is 90.8 Å². The van der Waals surface area contributed by atoms with Gasteiger partial charge in [0.05, 0.1) is 17.3 Å². The van der Waals surface area contributed by atoms with Crippen molar-refractivity contribution in [3.8, 4) is 0 Å². The van der Waals surface area contributed by atoms with E-state index in [4.69, 9.17) is 21.3 Å². The summed E-state index contributed by atoms with van der Waals surface area (Å²) in [6.07, 6.45) is 8.05. The summed E-state index contributed by atoms with van der Waals surface area (Å²) in [4.78, 5) is 16.7. The van der Waals surface area contributed by atoms with Crippen molar-refractivity contribution in [2.45, 2.75) is 51.0 Å². The molecule has 0 amide bonds. The van der Waals surface area contributed by atoms with Crippen LogP contribution in [0.4, 0.5) is 0 Å². The second-order valence-corrected chi connectivity index (χ2v) is 12.3. The third-order valence-corrected chi connectivity index (χ3v) is 8.43. The molecule has 4 nitrogen and oxygen atoms in total. The van der Waals surface area contributed by atoms with E-state index >= 15 is 0 Å². The Kier molecular flexibility index (Phi) is 10.2. The average Bonchev–Trinajstić information content (AvgIpc) is 3.78. The van der Waals surface area contributed by atoms with E-state index < -0.39 is 6.10 Å². The predicted octanol–water partition coefficient (Wildman–Crippen LogP) is 8.54. The lowest BCUT2D eigenvalue weighted by molar-refractivity contribution is -0.141. The predicted molar refractivity (Wildman–Crippen MR) is 171 cm³/mol. The second-order valence-electron chi connectivity index (χ2n) is 10.9. The molecule has 1 heterocycles. The second kappa shape index (κ2) is 14.2. The zero-order valence-corrected chi connectivity index (χ0v) is 24.9.